The highest BCUT2D eigenvalue weighted by atomic mass is 79.9. The van der Waals surface area contributed by atoms with Crippen LogP contribution in [0.4, 0.5) is 0 Å². The molecule has 3 aromatic rings. The fraction of sp³-hybridized carbons (Fsp3) is 0.423. The molecule has 0 N–H and O–H groups in total. The van der Waals surface area contributed by atoms with Crippen LogP contribution in [0.5, 0.6) is 5.75 Å². The third-order valence-corrected chi connectivity index (χ3v) is 6.57. The van der Waals surface area contributed by atoms with Crippen LogP contribution in [0.15, 0.2) is 71.3 Å². The number of ether oxygens (including phenoxy) is 2. The van der Waals surface area contributed by atoms with Gasteiger partial charge in [-0.15, -0.1) is 0 Å². The van der Waals surface area contributed by atoms with Crippen LogP contribution in [-0.4, -0.2) is 18.2 Å². The van der Waals surface area contributed by atoms with E-state index in [1.807, 2.05) is 42.6 Å². The molecule has 1 aliphatic rings. The Kier molecular flexibility index (Phi) is 7.81. The van der Waals surface area contributed by atoms with Gasteiger partial charge < -0.3 is 13.9 Å². The summed E-state index contributed by atoms with van der Waals surface area (Å²) in [5.74, 6) is 2.71. The van der Waals surface area contributed by atoms with Crippen molar-refractivity contribution in [3.8, 4) is 5.75 Å². The highest BCUT2D eigenvalue weighted by Crippen LogP contribution is 2.46. The van der Waals surface area contributed by atoms with E-state index in [2.05, 4.69) is 40.2 Å². The number of aromatic nitrogens is 1. The second-order valence-electron chi connectivity index (χ2n) is 8.07. The first-order valence-corrected chi connectivity index (χ1v) is 12.3. The molecule has 0 amide bonds. The molecule has 0 bridgehead atoms. The number of nitrogens with zero attached hydrogens (tertiary/aromatic N) is 1. The van der Waals surface area contributed by atoms with Crippen molar-refractivity contribution in [1.82, 2.24) is 4.98 Å². The first-order valence-electron chi connectivity index (χ1n) is 11.2. The van der Waals surface area contributed by atoms with Gasteiger partial charge in [-0.2, -0.15) is 0 Å². The van der Waals surface area contributed by atoms with Crippen molar-refractivity contribution < 1.29 is 13.9 Å². The molecule has 31 heavy (non-hydrogen) atoms. The van der Waals surface area contributed by atoms with Crippen molar-refractivity contribution in [2.75, 3.05) is 13.2 Å². The van der Waals surface area contributed by atoms with E-state index in [0.29, 0.717) is 30.4 Å². The Labute approximate surface area is 193 Å². The van der Waals surface area contributed by atoms with Gasteiger partial charge in [-0.05, 0) is 30.5 Å². The van der Waals surface area contributed by atoms with Crippen LogP contribution in [-0.2, 0) is 15.7 Å². The minimum atomic E-state index is -0.672. The van der Waals surface area contributed by atoms with Crippen LogP contribution in [0, 0.1) is 5.92 Å². The van der Waals surface area contributed by atoms with E-state index in [4.69, 9.17) is 18.9 Å². The summed E-state index contributed by atoms with van der Waals surface area (Å²) in [5.41, 5.74) is 0.448. The minimum absolute atomic E-state index is 0.334. The van der Waals surface area contributed by atoms with Crippen molar-refractivity contribution >= 4 is 15.9 Å². The van der Waals surface area contributed by atoms with Crippen molar-refractivity contribution in [2.45, 2.75) is 49.5 Å². The zero-order valence-electron chi connectivity index (χ0n) is 17.8. The summed E-state index contributed by atoms with van der Waals surface area (Å²) in [4.78, 5) is 4.70. The van der Waals surface area contributed by atoms with Crippen molar-refractivity contribution in [1.29, 1.82) is 0 Å². The van der Waals surface area contributed by atoms with Crippen molar-refractivity contribution in [3.63, 3.8) is 0 Å². The van der Waals surface area contributed by atoms with E-state index in [1.165, 1.54) is 19.3 Å². The van der Waals surface area contributed by atoms with Gasteiger partial charge in [-0.3, -0.25) is 0 Å². The molecule has 1 heterocycles. The highest BCUT2D eigenvalue weighted by molar-refractivity contribution is 9.08. The van der Waals surface area contributed by atoms with E-state index < -0.39 is 5.60 Å². The van der Waals surface area contributed by atoms with Crippen LogP contribution >= 0.6 is 15.9 Å². The Bertz CT molecular complexity index is 909. The number of alkyl halides is 1. The quantitative estimate of drug-likeness (QED) is 0.233. The molecule has 0 aliphatic heterocycles. The van der Waals surface area contributed by atoms with Gasteiger partial charge in [-0.1, -0.05) is 83.7 Å². The summed E-state index contributed by atoms with van der Waals surface area (Å²) in [6.07, 6.45) is 8.54. The maximum Gasteiger partial charge on any atom is 0.231 e. The largest absolute Gasteiger partial charge is 0.494 e. The van der Waals surface area contributed by atoms with Crippen LogP contribution in [0.25, 0.3) is 0 Å². The molecule has 0 radical (unpaired) electrons. The Hall–Kier alpha value is -2.11. The third-order valence-electron chi connectivity index (χ3n) is 6.02. The van der Waals surface area contributed by atoms with Gasteiger partial charge in [0.2, 0.25) is 5.89 Å². The lowest BCUT2D eigenvalue weighted by Crippen LogP contribution is -2.41. The Morgan fingerprint density at radius 3 is 2.32 bits per heavy atom. The molecule has 4 rings (SSSR count). The van der Waals surface area contributed by atoms with E-state index in [9.17, 15) is 0 Å². The molecule has 4 nitrogen and oxygen atoms in total. The summed E-state index contributed by atoms with van der Waals surface area (Å²) in [6, 6.07) is 20.4. The molecule has 1 aliphatic carbocycles. The summed E-state index contributed by atoms with van der Waals surface area (Å²) in [6.45, 7) is 1.18. The molecular formula is C26H30BrNO3. The standard InChI is InChI=1S/C26H30BrNO3/c27-19-24-20-28-25(31-24)26(21-11-4-1-5-12-21,22-13-6-2-7-14-22)30-18-10-17-29-23-15-8-3-9-16-23/h1,3-5,8-9,11-12,15-16,20,22H,2,6-7,10,13-14,17-19H2. The maximum absolute atomic E-state index is 6.79. The number of rotatable bonds is 10. The van der Waals surface area contributed by atoms with E-state index in [1.54, 1.807) is 0 Å². The fourth-order valence-corrected chi connectivity index (χ4v) is 4.79. The lowest BCUT2D eigenvalue weighted by atomic mass is 9.73. The van der Waals surface area contributed by atoms with Gasteiger partial charge in [0.1, 0.15) is 11.5 Å². The second kappa shape index (κ2) is 11.0. The average molecular weight is 484 g/mol. The first kappa shape index (κ1) is 22.1. The van der Waals surface area contributed by atoms with E-state index >= 15 is 0 Å². The van der Waals surface area contributed by atoms with Crippen LogP contribution in [0.1, 0.15) is 55.7 Å². The van der Waals surface area contributed by atoms with Gasteiger partial charge in [0.25, 0.3) is 0 Å². The molecular weight excluding hydrogens is 454 g/mol. The number of para-hydroxylation sites is 1. The van der Waals surface area contributed by atoms with Gasteiger partial charge in [-0.25, -0.2) is 4.98 Å². The minimum Gasteiger partial charge on any atom is -0.494 e. The summed E-state index contributed by atoms with van der Waals surface area (Å²) in [5, 5.41) is 0.639. The highest BCUT2D eigenvalue weighted by Gasteiger charge is 2.47. The number of oxazole rings is 1. The number of hydrogen-bond donors (Lipinski definition) is 0. The van der Waals surface area contributed by atoms with E-state index in [0.717, 1.165) is 36.3 Å². The summed E-state index contributed by atoms with van der Waals surface area (Å²) < 4.78 is 18.9. The van der Waals surface area contributed by atoms with Gasteiger partial charge in [0.15, 0.2) is 5.60 Å². The lowest BCUT2D eigenvalue weighted by molar-refractivity contribution is -0.0915. The number of benzene rings is 2. The van der Waals surface area contributed by atoms with Crippen LogP contribution in [0.2, 0.25) is 0 Å². The predicted molar refractivity (Wildman–Crippen MR) is 125 cm³/mol. The summed E-state index contributed by atoms with van der Waals surface area (Å²) in [7, 11) is 0. The molecule has 1 unspecified atom stereocenters. The SMILES string of the molecule is BrCc1cnc(C(OCCCOc2ccccc2)(c2ccccc2)C2CCCCC2)o1. The lowest BCUT2D eigenvalue weighted by Gasteiger charge is -2.40. The topological polar surface area (TPSA) is 44.5 Å². The first-order chi connectivity index (χ1) is 15.3. The molecule has 0 spiro atoms. The molecule has 2 aromatic carbocycles. The molecule has 1 aromatic heterocycles. The normalized spacial score (nSPS) is 16.7. The van der Waals surface area contributed by atoms with Crippen molar-refractivity contribution in [3.05, 3.63) is 84.1 Å². The average Bonchev–Trinajstić information content (AvgIpc) is 3.33. The number of halogens is 1. The Morgan fingerprint density at radius 2 is 1.65 bits per heavy atom. The zero-order chi connectivity index (χ0) is 21.4. The van der Waals surface area contributed by atoms with Crippen molar-refractivity contribution in [2.24, 2.45) is 5.92 Å². The fourth-order valence-electron chi connectivity index (χ4n) is 4.53. The molecule has 164 valence electrons. The maximum atomic E-state index is 6.79. The Morgan fingerprint density at radius 1 is 0.935 bits per heavy atom. The molecule has 5 heteroatoms. The van der Waals surface area contributed by atoms with E-state index in [-0.39, 0.29) is 0 Å². The molecule has 0 saturated heterocycles. The van der Waals surface area contributed by atoms with Gasteiger partial charge in [0.05, 0.1) is 24.7 Å². The van der Waals surface area contributed by atoms with Crippen LogP contribution in [0.3, 0.4) is 0 Å². The molecule has 1 atom stereocenters. The third kappa shape index (κ3) is 5.21. The van der Waals surface area contributed by atoms with Gasteiger partial charge in [0, 0.05) is 12.3 Å². The molecule has 1 fully saturated rings. The monoisotopic (exact) mass is 483 g/mol. The zero-order valence-corrected chi connectivity index (χ0v) is 19.4. The smallest absolute Gasteiger partial charge is 0.231 e. The second-order valence-corrected chi connectivity index (χ2v) is 8.63. The summed E-state index contributed by atoms with van der Waals surface area (Å²) >= 11 is 3.49. The van der Waals surface area contributed by atoms with Crippen LogP contribution < -0.4 is 4.74 Å². The van der Waals surface area contributed by atoms with Gasteiger partial charge >= 0.3 is 0 Å². The predicted octanol–water partition coefficient (Wildman–Crippen LogP) is 6.88. The molecule has 1 saturated carbocycles. The number of hydrogen-bond acceptors (Lipinski definition) is 4. The Balaban J connectivity index is 1.57.